The van der Waals surface area contributed by atoms with Crippen molar-refractivity contribution in [2.75, 3.05) is 6.61 Å². The van der Waals surface area contributed by atoms with Crippen LogP contribution >= 0.6 is 0 Å². The summed E-state index contributed by atoms with van der Waals surface area (Å²) in [4.78, 5) is 4.21. The van der Waals surface area contributed by atoms with E-state index in [0.717, 1.165) is 19.4 Å². The Hall–Kier alpha value is -0.870. The zero-order chi connectivity index (χ0) is 11.0. The molecule has 1 heterocycles. The lowest BCUT2D eigenvalue weighted by atomic mass is 9.77. The molecule has 0 saturated heterocycles. The number of hydrogen-bond donors (Lipinski definition) is 2. The second-order valence-electron chi connectivity index (χ2n) is 5.17. The molecular weight excluding hydrogens is 202 g/mol. The third-order valence-electron chi connectivity index (χ3n) is 3.94. The smallest absolute Gasteiger partial charge is 0.0951 e. The quantitative estimate of drug-likeness (QED) is 0.786. The Kier molecular flexibility index (Phi) is 2.48. The summed E-state index contributed by atoms with van der Waals surface area (Å²) in [5, 5.41) is 12.9. The van der Waals surface area contributed by atoms with Crippen LogP contribution in [0.2, 0.25) is 0 Å². The first-order valence-corrected chi connectivity index (χ1v) is 6.20. The molecule has 0 aromatic carbocycles. The number of aliphatic hydroxyl groups is 1. The summed E-state index contributed by atoms with van der Waals surface area (Å²) >= 11 is 0. The SMILES string of the molecule is OCC1(NCc2cncn2C2CC2)CCC1. The van der Waals surface area contributed by atoms with Crippen LogP contribution in [0.1, 0.15) is 43.8 Å². The fraction of sp³-hybridized carbons (Fsp3) is 0.750. The van der Waals surface area contributed by atoms with E-state index in [1.807, 2.05) is 12.5 Å². The highest BCUT2D eigenvalue weighted by Gasteiger charge is 2.36. The van der Waals surface area contributed by atoms with Gasteiger partial charge in [0.1, 0.15) is 0 Å². The summed E-state index contributed by atoms with van der Waals surface area (Å²) in [5.74, 6) is 0. The number of nitrogens with zero attached hydrogens (tertiary/aromatic N) is 2. The number of imidazole rings is 1. The molecule has 2 N–H and O–H groups in total. The second-order valence-corrected chi connectivity index (χ2v) is 5.17. The zero-order valence-electron chi connectivity index (χ0n) is 9.52. The van der Waals surface area contributed by atoms with Gasteiger partial charge in [0.15, 0.2) is 0 Å². The van der Waals surface area contributed by atoms with E-state index in [9.17, 15) is 5.11 Å². The van der Waals surface area contributed by atoms with E-state index in [-0.39, 0.29) is 12.1 Å². The second kappa shape index (κ2) is 3.86. The molecule has 3 rings (SSSR count). The normalized spacial score (nSPS) is 23.1. The summed E-state index contributed by atoms with van der Waals surface area (Å²) in [6.45, 7) is 1.08. The summed E-state index contributed by atoms with van der Waals surface area (Å²) < 4.78 is 2.27. The maximum Gasteiger partial charge on any atom is 0.0951 e. The van der Waals surface area contributed by atoms with Crippen LogP contribution in [-0.2, 0) is 6.54 Å². The lowest BCUT2D eigenvalue weighted by Gasteiger charge is -2.41. The minimum atomic E-state index is -0.00134. The van der Waals surface area contributed by atoms with Gasteiger partial charge in [0.05, 0.1) is 18.6 Å². The van der Waals surface area contributed by atoms with Gasteiger partial charge in [0.2, 0.25) is 0 Å². The van der Waals surface area contributed by atoms with Crippen molar-refractivity contribution >= 4 is 0 Å². The van der Waals surface area contributed by atoms with Gasteiger partial charge in [-0.1, -0.05) is 0 Å². The fourth-order valence-electron chi connectivity index (χ4n) is 2.42. The van der Waals surface area contributed by atoms with Crippen LogP contribution in [0.3, 0.4) is 0 Å². The lowest BCUT2D eigenvalue weighted by Crippen LogP contribution is -2.53. The van der Waals surface area contributed by atoms with E-state index < -0.39 is 0 Å². The molecule has 0 atom stereocenters. The summed E-state index contributed by atoms with van der Waals surface area (Å²) in [5.41, 5.74) is 1.25. The summed E-state index contributed by atoms with van der Waals surface area (Å²) in [6, 6.07) is 0.686. The maximum absolute atomic E-state index is 9.37. The first-order chi connectivity index (χ1) is 7.83. The average molecular weight is 221 g/mol. The minimum Gasteiger partial charge on any atom is -0.394 e. The fourth-order valence-corrected chi connectivity index (χ4v) is 2.42. The van der Waals surface area contributed by atoms with Gasteiger partial charge in [0.25, 0.3) is 0 Å². The molecule has 4 nitrogen and oxygen atoms in total. The van der Waals surface area contributed by atoms with E-state index in [1.54, 1.807) is 0 Å². The average Bonchev–Trinajstić information content (AvgIpc) is 2.98. The van der Waals surface area contributed by atoms with E-state index in [1.165, 1.54) is 25.0 Å². The first-order valence-electron chi connectivity index (χ1n) is 6.20. The molecule has 1 aromatic heterocycles. The van der Waals surface area contributed by atoms with Gasteiger partial charge in [-0.05, 0) is 32.1 Å². The van der Waals surface area contributed by atoms with Crippen LogP contribution < -0.4 is 5.32 Å². The molecule has 1 aromatic rings. The molecule has 0 aliphatic heterocycles. The Morgan fingerprint density at radius 3 is 2.88 bits per heavy atom. The molecule has 16 heavy (non-hydrogen) atoms. The predicted molar refractivity (Wildman–Crippen MR) is 61.0 cm³/mol. The van der Waals surface area contributed by atoms with Crippen LogP contribution in [0.5, 0.6) is 0 Å². The van der Waals surface area contributed by atoms with Crippen molar-refractivity contribution in [2.24, 2.45) is 0 Å². The molecule has 0 amide bonds. The minimum absolute atomic E-state index is 0.00134. The number of aromatic nitrogens is 2. The first kappa shape index (κ1) is 10.3. The molecular formula is C12H19N3O. The van der Waals surface area contributed by atoms with Crippen LogP contribution in [0.4, 0.5) is 0 Å². The Morgan fingerprint density at radius 1 is 1.50 bits per heavy atom. The highest BCUT2D eigenvalue weighted by molar-refractivity contribution is 5.05. The van der Waals surface area contributed by atoms with Gasteiger partial charge < -0.3 is 15.0 Å². The van der Waals surface area contributed by atoms with Crippen molar-refractivity contribution in [3.8, 4) is 0 Å². The van der Waals surface area contributed by atoms with Crippen molar-refractivity contribution < 1.29 is 5.11 Å². The van der Waals surface area contributed by atoms with Gasteiger partial charge in [-0.2, -0.15) is 0 Å². The van der Waals surface area contributed by atoms with Crippen LogP contribution in [0, 0.1) is 0 Å². The molecule has 2 saturated carbocycles. The molecule has 0 radical (unpaired) electrons. The van der Waals surface area contributed by atoms with Gasteiger partial charge in [-0.3, -0.25) is 0 Å². The van der Waals surface area contributed by atoms with Crippen molar-refractivity contribution in [3.63, 3.8) is 0 Å². The highest BCUT2D eigenvalue weighted by Crippen LogP contribution is 2.36. The standard InChI is InChI=1S/C12H19N3O/c16-8-12(4-1-5-12)14-7-11-6-13-9-15(11)10-2-3-10/h6,9-10,14,16H,1-5,7-8H2. The Bertz CT molecular complexity index is 361. The predicted octanol–water partition coefficient (Wildman–Crippen LogP) is 1.22. The van der Waals surface area contributed by atoms with E-state index in [4.69, 9.17) is 0 Å². The maximum atomic E-state index is 9.37. The van der Waals surface area contributed by atoms with Crippen LogP contribution in [-0.4, -0.2) is 26.8 Å². The summed E-state index contributed by atoms with van der Waals surface area (Å²) in [7, 11) is 0. The number of rotatable bonds is 5. The van der Waals surface area contributed by atoms with Crippen molar-refractivity contribution in [1.29, 1.82) is 0 Å². The molecule has 0 unspecified atom stereocenters. The highest BCUT2D eigenvalue weighted by atomic mass is 16.3. The zero-order valence-corrected chi connectivity index (χ0v) is 9.52. The third-order valence-corrected chi connectivity index (χ3v) is 3.94. The Balaban J connectivity index is 1.63. The summed E-state index contributed by atoms with van der Waals surface area (Å²) in [6.07, 6.45) is 9.87. The van der Waals surface area contributed by atoms with E-state index >= 15 is 0 Å². The molecule has 2 fully saturated rings. The van der Waals surface area contributed by atoms with Gasteiger partial charge in [-0.15, -0.1) is 0 Å². The van der Waals surface area contributed by atoms with E-state index in [2.05, 4.69) is 14.9 Å². The van der Waals surface area contributed by atoms with Crippen LogP contribution in [0.15, 0.2) is 12.5 Å². The lowest BCUT2D eigenvalue weighted by molar-refractivity contribution is 0.0865. The van der Waals surface area contributed by atoms with Crippen molar-refractivity contribution in [1.82, 2.24) is 14.9 Å². The van der Waals surface area contributed by atoms with Gasteiger partial charge in [-0.25, -0.2) is 4.98 Å². The molecule has 2 aliphatic carbocycles. The van der Waals surface area contributed by atoms with Crippen molar-refractivity contribution in [3.05, 3.63) is 18.2 Å². The monoisotopic (exact) mass is 221 g/mol. The Morgan fingerprint density at radius 2 is 2.31 bits per heavy atom. The van der Waals surface area contributed by atoms with Gasteiger partial charge in [0, 0.05) is 24.3 Å². The van der Waals surface area contributed by atoms with Crippen LogP contribution in [0.25, 0.3) is 0 Å². The topological polar surface area (TPSA) is 50.1 Å². The molecule has 0 spiro atoms. The van der Waals surface area contributed by atoms with Crippen molar-refractivity contribution in [2.45, 2.75) is 50.2 Å². The molecule has 88 valence electrons. The number of hydrogen-bond acceptors (Lipinski definition) is 3. The largest absolute Gasteiger partial charge is 0.394 e. The molecule has 4 heteroatoms. The Labute approximate surface area is 95.7 Å². The van der Waals surface area contributed by atoms with E-state index in [0.29, 0.717) is 6.04 Å². The molecule has 0 bridgehead atoms. The number of aliphatic hydroxyl groups excluding tert-OH is 1. The van der Waals surface area contributed by atoms with Gasteiger partial charge >= 0.3 is 0 Å². The number of nitrogens with one attached hydrogen (secondary N) is 1. The molecule has 2 aliphatic rings. The third kappa shape index (κ3) is 1.76.